The maximum absolute atomic E-state index is 8.72. The summed E-state index contributed by atoms with van der Waals surface area (Å²) in [6, 6.07) is 2.82. The third kappa shape index (κ3) is 7.56. The van der Waals surface area contributed by atoms with Crippen LogP contribution in [0, 0.1) is 23.2 Å². The van der Waals surface area contributed by atoms with E-state index in [0.717, 1.165) is 0 Å². The summed E-state index contributed by atoms with van der Waals surface area (Å²) >= 11 is 0. The van der Waals surface area contributed by atoms with E-state index in [2.05, 4.69) is 66.1 Å². The molecule has 0 radical (unpaired) electrons. The van der Waals surface area contributed by atoms with Gasteiger partial charge >= 0.3 is 0 Å². The maximum atomic E-state index is 8.72. The van der Waals surface area contributed by atoms with Gasteiger partial charge in [-0.2, -0.15) is 5.26 Å². The molecular weight excluding hydrogens is 283 g/mol. The fourth-order valence-electron chi connectivity index (χ4n) is 2.41. The maximum Gasteiger partial charge on any atom is 0.259 e. The monoisotopic (exact) mass is 316 g/mol. The summed E-state index contributed by atoms with van der Waals surface area (Å²) in [7, 11) is -1.14. The first-order valence-corrected chi connectivity index (χ1v) is 9.10. The highest BCUT2D eigenvalue weighted by atomic mass is 31.2. The smallest absolute Gasteiger partial charge is 0.259 e. The van der Waals surface area contributed by atoms with Crippen LogP contribution >= 0.6 is 8.53 Å². The Bertz CT molecular complexity index is 298. The SMILES string of the molecule is CC(C)C(OP(OCCC#N)N(C(C)C)C(C)C)C(C)C. The lowest BCUT2D eigenvalue weighted by molar-refractivity contribution is 0.0728. The van der Waals surface area contributed by atoms with Crippen LogP contribution in [0.2, 0.25) is 0 Å². The first-order chi connectivity index (χ1) is 9.72. The molecule has 0 spiro atoms. The molecule has 0 bridgehead atoms. The predicted octanol–water partition coefficient (Wildman–Crippen LogP) is 4.96. The molecule has 0 aromatic heterocycles. The average molecular weight is 316 g/mol. The van der Waals surface area contributed by atoms with Crippen LogP contribution in [0.3, 0.4) is 0 Å². The topological polar surface area (TPSA) is 45.5 Å². The molecule has 0 aromatic carbocycles. The Kier molecular flexibility index (Phi) is 10.4. The second-order valence-corrected chi connectivity index (χ2v) is 8.01. The van der Waals surface area contributed by atoms with Crippen LogP contribution in [0.25, 0.3) is 0 Å². The Balaban J connectivity index is 5.06. The van der Waals surface area contributed by atoms with Gasteiger partial charge in [-0.05, 0) is 39.5 Å². The second kappa shape index (κ2) is 10.5. The van der Waals surface area contributed by atoms with Crippen molar-refractivity contribution in [3.63, 3.8) is 0 Å². The first-order valence-electron chi connectivity index (χ1n) is 7.97. The van der Waals surface area contributed by atoms with Crippen LogP contribution in [0.1, 0.15) is 61.8 Å². The van der Waals surface area contributed by atoms with Crippen LogP contribution in [-0.2, 0) is 9.05 Å². The van der Waals surface area contributed by atoms with Gasteiger partial charge in [-0.3, -0.25) is 0 Å². The highest BCUT2D eigenvalue weighted by molar-refractivity contribution is 7.44. The van der Waals surface area contributed by atoms with Crippen molar-refractivity contribution in [3.8, 4) is 6.07 Å². The minimum Gasteiger partial charge on any atom is -0.321 e. The standard InChI is InChI=1S/C16H33N2O2P/c1-12(2)16(13(3)4)20-21(19-11-9-10-17)18(14(5)6)15(7)8/h12-16H,9,11H2,1-8H3. The lowest BCUT2D eigenvalue weighted by Crippen LogP contribution is -2.36. The zero-order chi connectivity index (χ0) is 16.6. The Morgan fingerprint density at radius 2 is 1.43 bits per heavy atom. The summed E-state index contributed by atoms with van der Waals surface area (Å²) in [5, 5.41) is 8.72. The van der Waals surface area contributed by atoms with Crippen molar-refractivity contribution in [2.24, 2.45) is 11.8 Å². The Labute approximate surface area is 132 Å². The van der Waals surface area contributed by atoms with Crippen LogP contribution in [0.15, 0.2) is 0 Å². The summed E-state index contributed by atoms with van der Waals surface area (Å²) < 4.78 is 14.6. The first kappa shape index (κ1) is 20.8. The molecular formula is C16H33N2O2P. The van der Waals surface area contributed by atoms with Crippen molar-refractivity contribution < 1.29 is 9.05 Å². The van der Waals surface area contributed by atoms with E-state index in [1.165, 1.54) is 0 Å². The van der Waals surface area contributed by atoms with Gasteiger partial charge in [-0.15, -0.1) is 0 Å². The molecule has 0 rings (SSSR count). The largest absolute Gasteiger partial charge is 0.321 e. The molecule has 0 N–H and O–H groups in total. The predicted molar refractivity (Wildman–Crippen MR) is 89.8 cm³/mol. The number of hydrogen-bond donors (Lipinski definition) is 0. The summed E-state index contributed by atoms with van der Waals surface area (Å²) in [5.41, 5.74) is 0. The summed E-state index contributed by atoms with van der Waals surface area (Å²) in [6.45, 7) is 17.8. The Morgan fingerprint density at radius 3 is 1.76 bits per heavy atom. The molecule has 4 nitrogen and oxygen atoms in total. The number of nitriles is 1. The normalized spacial score (nSPS) is 14.0. The van der Waals surface area contributed by atoms with Crippen molar-refractivity contribution in [3.05, 3.63) is 0 Å². The molecule has 21 heavy (non-hydrogen) atoms. The van der Waals surface area contributed by atoms with Crippen LogP contribution in [0.5, 0.6) is 0 Å². The fraction of sp³-hybridized carbons (Fsp3) is 0.938. The summed E-state index contributed by atoms with van der Waals surface area (Å²) in [6.07, 6.45) is 0.568. The molecule has 0 amide bonds. The fourth-order valence-corrected chi connectivity index (χ4v) is 4.41. The van der Waals surface area contributed by atoms with E-state index < -0.39 is 8.53 Å². The van der Waals surface area contributed by atoms with Gasteiger partial charge in [0.1, 0.15) is 0 Å². The van der Waals surface area contributed by atoms with Crippen molar-refractivity contribution in [2.45, 2.75) is 80.0 Å². The van der Waals surface area contributed by atoms with Gasteiger partial charge in [0.2, 0.25) is 0 Å². The van der Waals surface area contributed by atoms with E-state index in [-0.39, 0.29) is 6.10 Å². The Hall–Kier alpha value is -0.200. The van der Waals surface area contributed by atoms with E-state index in [0.29, 0.717) is 36.9 Å². The molecule has 0 aliphatic heterocycles. The van der Waals surface area contributed by atoms with Gasteiger partial charge in [0.05, 0.1) is 25.2 Å². The lowest BCUT2D eigenvalue weighted by atomic mass is 9.97. The van der Waals surface area contributed by atoms with Crippen LogP contribution in [-0.4, -0.2) is 29.5 Å². The van der Waals surface area contributed by atoms with Crippen molar-refractivity contribution in [1.29, 1.82) is 5.26 Å². The quantitative estimate of drug-likeness (QED) is 0.422. The summed E-state index contributed by atoms with van der Waals surface area (Å²) in [4.78, 5) is 0. The molecule has 0 heterocycles. The summed E-state index contributed by atoms with van der Waals surface area (Å²) in [5.74, 6) is 0.881. The molecule has 1 atom stereocenters. The molecule has 0 fully saturated rings. The van der Waals surface area contributed by atoms with E-state index in [4.69, 9.17) is 14.3 Å². The molecule has 0 aromatic rings. The molecule has 0 saturated heterocycles. The molecule has 0 saturated carbocycles. The third-order valence-corrected chi connectivity index (χ3v) is 5.32. The number of rotatable bonds is 10. The highest BCUT2D eigenvalue weighted by Gasteiger charge is 2.31. The van der Waals surface area contributed by atoms with Gasteiger partial charge in [-0.25, -0.2) is 4.67 Å². The minimum absolute atomic E-state index is 0.165. The molecule has 124 valence electrons. The van der Waals surface area contributed by atoms with Crippen LogP contribution < -0.4 is 0 Å². The molecule has 0 aliphatic rings. The third-order valence-electron chi connectivity index (χ3n) is 3.19. The highest BCUT2D eigenvalue weighted by Crippen LogP contribution is 2.48. The second-order valence-electron chi connectivity index (χ2n) is 6.60. The van der Waals surface area contributed by atoms with Crippen molar-refractivity contribution >= 4 is 8.53 Å². The van der Waals surface area contributed by atoms with Gasteiger partial charge in [0.15, 0.2) is 0 Å². The zero-order valence-corrected chi connectivity index (χ0v) is 15.9. The zero-order valence-electron chi connectivity index (χ0n) is 15.0. The van der Waals surface area contributed by atoms with Gasteiger partial charge in [-0.1, -0.05) is 27.7 Å². The van der Waals surface area contributed by atoms with Gasteiger partial charge < -0.3 is 9.05 Å². The molecule has 5 heteroatoms. The van der Waals surface area contributed by atoms with E-state index in [9.17, 15) is 0 Å². The molecule has 1 unspecified atom stereocenters. The van der Waals surface area contributed by atoms with E-state index >= 15 is 0 Å². The van der Waals surface area contributed by atoms with E-state index in [1.807, 2.05) is 0 Å². The molecule has 0 aliphatic carbocycles. The van der Waals surface area contributed by atoms with Crippen molar-refractivity contribution in [2.75, 3.05) is 6.61 Å². The Morgan fingerprint density at radius 1 is 0.952 bits per heavy atom. The van der Waals surface area contributed by atoms with Crippen LogP contribution in [0.4, 0.5) is 0 Å². The van der Waals surface area contributed by atoms with Gasteiger partial charge in [0, 0.05) is 12.1 Å². The number of nitrogens with zero attached hydrogens (tertiary/aromatic N) is 2. The average Bonchev–Trinajstić information content (AvgIpc) is 2.33. The van der Waals surface area contributed by atoms with E-state index in [1.54, 1.807) is 0 Å². The lowest BCUT2D eigenvalue weighted by Gasteiger charge is -2.39. The minimum atomic E-state index is -1.14. The van der Waals surface area contributed by atoms with Crippen molar-refractivity contribution in [1.82, 2.24) is 4.67 Å². The number of hydrogen-bond acceptors (Lipinski definition) is 4. The van der Waals surface area contributed by atoms with Gasteiger partial charge in [0.25, 0.3) is 8.53 Å².